The molecule has 1 aliphatic heterocycles. The summed E-state index contributed by atoms with van der Waals surface area (Å²) in [5, 5.41) is 0. The van der Waals surface area contributed by atoms with E-state index in [9.17, 15) is 13.2 Å². The van der Waals surface area contributed by atoms with Crippen LogP contribution >= 0.6 is 0 Å². The molecule has 32 heavy (non-hydrogen) atoms. The predicted octanol–water partition coefficient (Wildman–Crippen LogP) is 7.29. The lowest BCUT2D eigenvalue weighted by molar-refractivity contribution is -0.137. The number of hydrogen-bond acceptors (Lipinski definition) is 1. The summed E-state index contributed by atoms with van der Waals surface area (Å²) in [6.45, 7) is 2.22. The maximum atomic E-state index is 13.1. The van der Waals surface area contributed by atoms with Crippen LogP contribution in [0.1, 0.15) is 46.2 Å². The smallest absolute Gasteiger partial charge is 0.298 e. The molecule has 162 valence electrons. The molecule has 1 heterocycles. The Labute approximate surface area is 186 Å². The number of benzene rings is 3. The number of rotatable bonds is 2. The molecule has 0 spiro atoms. The van der Waals surface area contributed by atoms with E-state index in [0.29, 0.717) is 12.1 Å². The van der Waals surface area contributed by atoms with Gasteiger partial charge >= 0.3 is 6.18 Å². The zero-order valence-electron chi connectivity index (χ0n) is 17.7. The Morgan fingerprint density at radius 1 is 0.719 bits per heavy atom. The molecule has 4 heteroatoms. The highest BCUT2D eigenvalue weighted by Gasteiger charge is 2.30. The highest BCUT2D eigenvalue weighted by molar-refractivity contribution is 5.94. The number of halogens is 3. The van der Waals surface area contributed by atoms with Gasteiger partial charge in [0.25, 0.3) is 0 Å². The van der Waals surface area contributed by atoms with E-state index >= 15 is 0 Å². The van der Waals surface area contributed by atoms with Crippen molar-refractivity contribution in [2.45, 2.75) is 25.6 Å². The molecule has 0 amide bonds. The molecule has 5 rings (SSSR count). The summed E-state index contributed by atoms with van der Waals surface area (Å²) in [7, 11) is 0. The molecule has 1 saturated heterocycles. The van der Waals surface area contributed by atoms with Gasteiger partial charge in [-0.05, 0) is 52.3 Å². The molecule has 0 N–H and O–H groups in total. The quantitative estimate of drug-likeness (QED) is 0.322. The molecule has 0 bridgehead atoms. The number of likely N-dealkylation sites (tertiary alicyclic amines) is 1. The van der Waals surface area contributed by atoms with Crippen LogP contribution in [0.3, 0.4) is 0 Å². The number of fused-ring (bicyclic) bond motifs is 2. The van der Waals surface area contributed by atoms with Gasteiger partial charge in [0.15, 0.2) is 0 Å². The largest absolute Gasteiger partial charge is 0.416 e. The lowest BCUT2D eigenvalue weighted by Gasteiger charge is -2.30. The van der Waals surface area contributed by atoms with Crippen molar-refractivity contribution < 1.29 is 13.2 Å². The van der Waals surface area contributed by atoms with Crippen LogP contribution < -0.4 is 0 Å². The fourth-order valence-corrected chi connectivity index (χ4v) is 4.78. The molecule has 3 aromatic rings. The van der Waals surface area contributed by atoms with Crippen LogP contribution in [0.15, 0.2) is 78.4 Å². The molecule has 0 radical (unpaired) electrons. The fourth-order valence-electron chi connectivity index (χ4n) is 4.78. The molecule has 2 aliphatic rings. The molecule has 1 fully saturated rings. The van der Waals surface area contributed by atoms with Gasteiger partial charge in [-0.15, -0.1) is 0 Å². The first-order valence-electron chi connectivity index (χ1n) is 11.0. The van der Waals surface area contributed by atoms with Gasteiger partial charge in [0.2, 0.25) is 0 Å². The Bertz CT molecular complexity index is 1140. The summed E-state index contributed by atoms with van der Waals surface area (Å²) in [4.78, 5) is 2.26. The summed E-state index contributed by atoms with van der Waals surface area (Å²) in [5.41, 5.74) is 7.84. The third-order valence-corrected chi connectivity index (χ3v) is 6.38. The predicted molar refractivity (Wildman–Crippen MR) is 124 cm³/mol. The topological polar surface area (TPSA) is 3.24 Å². The maximum Gasteiger partial charge on any atom is 0.416 e. The second-order valence-corrected chi connectivity index (χ2v) is 8.46. The van der Waals surface area contributed by atoms with Crippen molar-refractivity contribution in [1.29, 1.82) is 0 Å². The average molecular weight is 432 g/mol. The molecule has 0 atom stereocenters. The standard InChI is InChI=1S/C28H24F3N/c29-28(30,31)24-9-5-6-20(18-24)19-32-16-14-23(15-17-32)27-25-10-3-1-7-21(25)12-13-22-8-2-4-11-26(22)27/h1-13,18H,14-17,19H2. The minimum atomic E-state index is -4.30. The van der Waals surface area contributed by atoms with Crippen molar-refractivity contribution in [1.82, 2.24) is 4.90 Å². The van der Waals surface area contributed by atoms with Gasteiger partial charge in [-0.1, -0.05) is 84.5 Å². The van der Waals surface area contributed by atoms with E-state index in [-0.39, 0.29) is 0 Å². The van der Waals surface area contributed by atoms with E-state index in [4.69, 9.17) is 0 Å². The van der Waals surface area contributed by atoms with Crippen LogP contribution in [-0.4, -0.2) is 18.0 Å². The van der Waals surface area contributed by atoms with E-state index in [2.05, 4.69) is 65.6 Å². The van der Waals surface area contributed by atoms with Crippen molar-refractivity contribution >= 4 is 17.7 Å². The first kappa shape index (κ1) is 20.8. The van der Waals surface area contributed by atoms with Crippen LogP contribution in [0.4, 0.5) is 13.2 Å². The molecule has 0 aromatic heterocycles. The van der Waals surface area contributed by atoms with Crippen molar-refractivity contribution in [3.05, 3.63) is 112 Å². The van der Waals surface area contributed by atoms with Crippen LogP contribution in [0, 0.1) is 0 Å². The number of alkyl halides is 3. The second-order valence-electron chi connectivity index (χ2n) is 8.46. The molecule has 1 nitrogen and oxygen atoms in total. The molecule has 3 aromatic carbocycles. The zero-order valence-corrected chi connectivity index (χ0v) is 17.7. The Kier molecular flexibility index (Phi) is 5.48. The van der Waals surface area contributed by atoms with E-state index in [1.54, 1.807) is 6.07 Å². The third-order valence-electron chi connectivity index (χ3n) is 6.38. The third kappa shape index (κ3) is 4.15. The highest BCUT2D eigenvalue weighted by atomic mass is 19.4. The number of piperidine rings is 1. The van der Waals surface area contributed by atoms with Gasteiger partial charge in [0, 0.05) is 19.6 Å². The summed E-state index contributed by atoms with van der Waals surface area (Å²) in [6, 6.07) is 22.7. The van der Waals surface area contributed by atoms with E-state index < -0.39 is 11.7 Å². The lowest BCUT2D eigenvalue weighted by atomic mass is 9.86. The SMILES string of the molecule is FC(F)(F)c1cccc(CN2CCC(=C3c4ccccc4C=Cc4ccccc43)CC2)c1. The Morgan fingerprint density at radius 3 is 1.91 bits per heavy atom. The first-order chi connectivity index (χ1) is 15.5. The first-order valence-corrected chi connectivity index (χ1v) is 11.0. The number of hydrogen-bond donors (Lipinski definition) is 0. The summed E-state index contributed by atoms with van der Waals surface area (Å²) >= 11 is 0. The van der Waals surface area contributed by atoms with Crippen LogP contribution in [-0.2, 0) is 12.7 Å². The van der Waals surface area contributed by atoms with Crippen molar-refractivity contribution in [3.8, 4) is 0 Å². The highest BCUT2D eigenvalue weighted by Crippen LogP contribution is 2.39. The van der Waals surface area contributed by atoms with Gasteiger partial charge in [0.1, 0.15) is 0 Å². The minimum absolute atomic E-state index is 0.543. The molecular weight excluding hydrogens is 407 g/mol. The summed E-state index contributed by atoms with van der Waals surface area (Å²) in [5.74, 6) is 0. The lowest BCUT2D eigenvalue weighted by Crippen LogP contribution is -2.30. The average Bonchev–Trinajstić information content (AvgIpc) is 2.96. The van der Waals surface area contributed by atoms with Gasteiger partial charge in [0.05, 0.1) is 5.56 Å². The molecule has 0 saturated carbocycles. The maximum absolute atomic E-state index is 13.1. The van der Waals surface area contributed by atoms with Crippen molar-refractivity contribution in [2.24, 2.45) is 0 Å². The van der Waals surface area contributed by atoms with Crippen LogP contribution in [0.25, 0.3) is 17.7 Å². The van der Waals surface area contributed by atoms with Gasteiger partial charge in [-0.25, -0.2) is 0 Å². The summed E-state index contributed by atoms with van der Waals surface area (Å²) < 4.78 is 39.2. The fraction of sp³-hybridized carbons (Fsp3) is 0.214. The monoisotopic (exact) mass is 431 g/mol. The number of nitrogens with zero attached hydrogens (tertiary/aromatic N) is 1. The molecular formula is C28H24F3N. The van der Waals surface area contributed by atoms with Gasteiger partial charge in [-0.3, -0.25) is 4.90 Å². The van der Waals surface area contributed by atoms with E-state index in [1.165, 1.54) is 45.5 Å². The van der Waals surface area contributed by atoms with E-state index in [0.717, 1.165) is 32.0 Å². The Morgan fingerprint density at radius 2 is 1.31 bits per heavy atom. The van der Waals surface area contributed by atoms with E-state index in [1.807, 2.05) is 0 Å². The summed E-state index contributed by atoms with van der Waals surface area (Å²) in [6.07, 6.45) is 1.90. The van der Waals surface area contributed by atoms with Crippen LogP contribution in [0.5, 0.6) is 0 Å². The van der Waals surface area contributed by atoms with Crippen LogP contribution in [0.2, 0.25) is 0 Å². The molecule has 0 unspecified atom stereocenters. The van der Waals surface area contributed by atoms with Crippen molar-refractivity contribution in [3.63, 3.8) is 0 Å². The molecule has 1 aliphatic carbocycles. The van der Waals surface area contributed by atoms with Gasteiger partial charge in [-0.2, -0.15) is 13.2 Å². The van der Waals surface area contributed by atoms with Crippen molar-refractivity contribution in [2.75, 3.05) is 13.1 Å². The Balaban J connectivity index is 1.42. The second kappa shape index (κ2) is 8.44. The van der Waals surface area contributed by atoms with Gasteiger partial charge < -0.3 is 0 Å². The Hall–Kier alpha value is -3.11. The zero-order chi connectivity index (χ0) is 22.1. The normalized spacial score (nSPS) is 16.5. The minimum Gasteiger partial charge on any atom is -0.298 e.